The summed E-state index contributed by atoms with van der Waals surface area (Å²) in [6.07, 6.45) is 4.40. The second kappa shape index (κ2) is 7.49. The van der Waals surface area contributed by atoms with Gasteiger partial charge in [-0.2, -0.15) is 0 Å². The van der Waals surface area contributed by atoms with Crippen LogP contribution < -0.4 is 0 Å². The predicted molar refractivity (Wildman–Crippen MR) is 62.4 cm³/mol. The van der Waals surface area contributed by atoms with Crippen molar-refractivity contribution in [3.05, 3.63) is 0 Å². The SMILES string of the molecule is COCCOC(=O)N1CCCC(C)CCC1. The van der Waals surface area contributed by atoms with Gasteiger partial charge in [-0.05, 0) is 31.6 Å². The van der Waals surface area contributed by atoms with Crippen LogP contribution in [-0.2, 0) is 9.47 Å². The maximum atomic E-state index is 11.7. The highest BCUT2D eigenvalue weighted by Crippen LogP contribution is 2.17. The lowest BCUT2D eigenvalue weighted by Crippen LogP contribution is -2.35. The summed E-state index contributed by atoms with van der Waals surface area (Å²) in [6, 6.07) is 0. The number of carbonyl (C=O) groups excluding carboxylic acids is 1. The number of nitrogens with zero attached hydrogens (tertiary/aromatic N) is 1. The van der Waals surface area contributed by atoms with Crippen LogP contribution in [0.2, 0.25) is 0 Å². The monoisotopic (exact) mass is 229 g/mol. The fourth-order valence-corrected chi connectivity index (χ4v) is 2.00. The Labute approximate surface area is 97.9 Å². The maximum absolute atomic E-state index is 11.7. The first-order valence-corrected chi connectivity index (χ1v) is 6.14. The zero-order valence-electron chi connectivity index (χ0n) is 10.4. The fourth-order valence-electron chi connectivity index (χ4n) is 2.00. The highest BCUT2D eigenvalue weighted by atomic mass is 16.6. The summed E-state index contributed by atoms with van der Waals surface area (Å²) >= 11 is 0. The summed E-state index contributed by atoms with van der Waals surface area (Å²) in [5, 5.41) is 0. The van der Waals surface area contributed by atoms with Gasteiger partial charge in [-0.15, -0.1) is 0 Å². The minimum absolute atomic E-state index is 0.188. The third-order valence-electron chi connectivity index (χ3n) is 3.02. The number of hydrogen-bond acceptors (Lipinski definition) is 3. The summed E-state index contributed by atoms with van der Waals surface area (Å²) in [5.74, 6) is 0.798. The molecule has 0 aromatic rings. The van der Waals surface area contributed by atoms with Gasteiger partial charge in [0.2, 0.25) is 0 Å². The molecule has 0 N–H and O–H groups in total. The first-order valence-electron chi connectivity index (χ1n) is 6.14. The lowest BCUT2D eigenvalue weighted by molar-refractivity contribution is 0.0689. The first kappa shape index (κ1) is 13.3. The molecule has 0 atom stereocenters. The molecule has 0 bridgehead atoms. The highest BCUT2D eigenvalue weighted by molar-refractivity contribution is 5.67. The average Bonchev–Trinajstić information content (AvgIpc) is 2.23. The second-order valence-corrected chi connectivity index (χ2v) is 4.48. The Balaban J connectivity index is 2.25. The van der Waals surface area contributed by atoms with Gasteiger partial charge in [0.15, 0.2) is 0 Å². The Morgan fingerprint density at radius 3 is 2.44 bits per heavy atom. The average molecular weight is 229 g/mol. The van der Waals surface area contributed by atoms with E-state index >= 15 is 0 Å². The van der Waals surface area contributed by atoms with Crippen LogP contribution in [-0.4, -0.2) is 44.4 Å². The van der Waals surface area contributed by atoms with Crippen LogP contribution in [0.15, 0.2) is 0 Å². The van der Waals surface area contributed by atoms with Crippen molar-refractivity contribution in [1.29, 1.82) is 0 Å². The molecule has 4 nitrogen and oxygen atoms in total. The normalized spacial score (nSPS) is 19.0. The summed E-state index contributed by atoms with van der Waals surface area (Å²) in [7, 11) is 1.60. The predicted octanol–water partition coefficient (Wildman–Crippen LogP) is 2.28. The minimum atomic E-state index is -0.188. The minimum Gasteiger partial charge on any atom is -0.447 e. The van der Waals surface area contributed by atoms with E-state index in [1.165, 1.54) is 12.8 Å². The Morgan fingerprint density at radius 2 is 1.88 bits per heavy atom. The molecule has 0 aromatic carbocycles. The van der Waals surface area contributed by atoms with Crippen molar-refractivity contribution in [3.8, 4) is 0 Å². The summed E-state index contributed by atoms with van der Waals surface area (Å²) in [6.45, 7) is 4.76. The molecule has 4 heteroatoms. The van der Waals surface area contributed by atoms with Crippen molar-refractivity contribution in [2.75, 3.05) is 33.4 Å². The summed E-state index contributed by atoms with van der Waals surface area (Å²) < 4.78 is 9.95. The molecule has 16 heavy (non-hydrogen) atoms. The molecule has 1 aliphatic heterocycles. The second-order valence-electron chi connectivity index (χ2n) is 4.48. The van der Waals surface area contributed by atoms with Crippen LogP contribution in [0.1, 0.15) is 32.6 Å². The van der Waals surface area contributed by atoms with E-state index in [9.17, 15) is 4.79 Å². The van der Waals surface area contributed by atoms with Crippen LogP contribution in [0.3, 0.4) is 0 Å². The van der Waals surface area contributed by atoms with Crippen molar-refractivity contribution in [2.24, 2.45) is 5.92 Å². The zero-order chi connectivity index (χ0) is 11.8. The van der Waals surface area contributed by atoms with Crippen molar-refractivity contribution < 1.29 is 14.3 Å². The van der Waals surface area contributed by atoms with Crippen LogP contribution in [0.5, 0.6) is 0 Å². The van der Waals surface area contributed by atoms with Gasteiger partial charge in [0.05, 0.1) is 6.61 Å². The van der Waals surface area contributed by atoms with Crippen molar-refractivity contribution in [1.82, 2.24) is 4.90 Å². The number of carbonyl (C=O) groups is 1. The van der Waals surface area contributed by atoms with Crippen LogP contribution in [0.4, 0.5) is 4.79 Å². The topological polar surface area (TPSA) is 38.8 Å². The van der Waals surface area contributed by atoms with Gasteiger partial charge in [0.25, 0.3) is 0 Å². The van der Waals surface area contributed by atoms with Gasteiger partial charge < -0.3 is 14.4 Å². The van der Waals surface area contributed by atoms with E-state index in [4.69, 9.17) is 9.47 Å². The molecule has 1 fully saturated rings. The molecule has 1 aliphatic rings. The van der Waals surface area contributed by atoms with E-state index in [1.807, 2.05) is 4.90 Å². The van der Waals surface area contributed by atoms with E-state index in [0.29, 0.717) is 13.2 Å². The molecular formula is C12H23NO3. The molecule has 94 valence electrons. The Morgan fingerprint density at radius 1 is 1.25 bits per heavy atom. The third-order valence-corrected chi connectivity index (χ3v) is 3.02. The molecule has 0 aromatic heterocycles. The van der Waals surface area contributed by atoms with Crippen molar-refractivity contribution in [3.63, 3.8) is 0 Å². The Bertz CT molecular complexity index is 198. The number of hydrogen-bond donors (Lipinski definition) is 0. The molecule has 0 unspecified atom stereocenters. The third kappa shape index (κ3) is 4.84. The fraction of sp³-hybridized carbons (Fsp3) is 0.917. The molecule has 0 saturated carbocycles. The molecule has 0 spiro atoms. The van der Waals surface area contributed by atoms with Gasteiger partial charge in [0, 0.05) is 20.2 Å². The van der Waals surface area contributed by atoms with Crippen molar-refractivity contribution in [2.45, 2.75) is 32.6 Å². The van der Waals surface area contributed by atoms with Gasteiger partial charge in [-0.25, -0.2) is 4.79 Å². The molecular weight excluding hydrogens is 206 g/mol. The molecule has 1 rings (SSSR count). The van der Waals surface area contributed by atoms with Crippen molar-refractivity contribution >= 4 is 6.09 Å². The van der Waals surface area contributed by atoms with E-state index in [1.54, 1.807) is 7.11 Å². The highest BCUT2D eigenvalue weighted by Gasteiger charge is 2.17. The quantitative estimate of drug-likeness (QED) is 0.697. The first-order chi connectivity index (χ1) is 7.74. The van der Waals surface area contributed by atoms with Crippen LogP contribution in [0, 0.1) is 5.92 Å². The number of likely N-dealkylation sites (tertiary alicyclic amines) is 1. The van der Waals surface area contributed by atoms with E-state index in [-0.39, 0.29) is 6.09 Å². The maximum Gasteiger partial charge on any atom is 0.409 e. The lowest BCUT2D eigenvalue weighted by Gasteiger charge is -2.26. The smallest absolute Gasteiger partial charge is 0.409 e. The number of rotatable bonds is 3. The lowest BCUT2D eigenvalue weighted by atomic mass is 9.98. The van der Waals surface area contributed by atoms with Gasteiger partial charge in [-0.1, -0.05) is 6.92 Å². The summed E-state index contributed by atoms with van der Waals surface area (Å²) in [5.41, 5.74) is 0. The Kier molecular flexibility index (Phi) is 6.23. The molecule has 1 heterocycles. The molecule has 0 radical (unpaired) electrons. The molecule has 0 aliphatic carbocycles. The van der Waals surface area contributed by atoms with E-state index < -0.39 is 0 Å². The van der Waals surface area contributed by atoms with Gasteiger partial charge in [0.1, 0.15) is 6.61 Å². The Hall–Kier alpha value is -0.770. The largest absolute Gasteiger partial charge is 0.447 e. The molecule has 1 saturated heterocycles. The zero-order valence-corrected chi connectivity index (χ0v) is 10.4. The molecule has 1 amide bonds. The van der Waals surface area contributed by atoms with E-state index in [2.05, 4.69) is 6.92 Å². The standard InChI is InChI=1S/C12H23NO3/c1-11-5-3-7-13(8-4-6-11)12(14)16-10-9-15-2/h11H,3-10H2,1-2H3. The van der Waals surface area contributed by atoms with Crippen LogP contribution >= 0.6 is 0 Å². The van der Waals surface area contributed by atoms with Crippen LogP contribution in [0.25, 0.3) is 0 Å². The summed E-state index contributed by atoms with van der Waals surface area (Å²) in [4.78, 5) is 13.5. The van der Waals surface area contributed by atoms with E-state index in [0.717, 1.165) is 31.8 Å². The van der Waals surface area contributed by atoms with Gasteiger partial charge in [-0.3, -0.25) is 0 Å². The number of methoxy groups -OCH3 is 1. The number of amides is 1. The number of ether oxygens (including phenoxy) is 2. The van der Waals surface area contributed by atoms with Gasteiger partial charge >= 0.3 is 6.09 Å².